The van der Waals surface area contributed by atoms with Crippen LogP contribution in [0.4, 0.5) is 5.95 Å². The molecule has 0 aromatic carbocycles. The minimum absolute atomic E-state index is 0.102. The average Bonchev–Trinajstić information content (AvgIpc) is 2.40. The second kappa shape index (κ2) is 6.15. The average molecular weight is 358 g/mol. The van der Waals surface area contributed by atoms with Crippen molar-refractivity contribution in [1.29, 1.82) is 0 Å². The Morgan fingerprint density at radius 3 is 2.85 bits per heavy atom. The number of halogens is 2. The van der Waals surface area contributed by atoms with Gasteiger partial charge >= 0.3 is 0 Å². The largest absolute Gasteiger partial charge is 0.481 e. The van der Waals surface area contributed by atoms with Gasteiger partial charge in [0.2, 0.25) is 11.8 Å². The van der Waals surface area contributed by atoms with Gasteiger partial charge in [0, 0.05) is 22.4 Å². The number of amides is 1. The Kier molecular flexibility index (Phi) is 4.51. The molecule has 0 unspecified atom stereocenters. The Morgan fingerprint density at radius 1 is 1.40 bits per heavy atom. The van der Waals surface area contributed by atoms with E-state index in [4.69, 9.17) is 16.3 Å². The lowest BCUT2D eigenvalue weighted by Gasteiger charge is -2.07. The maximum atomic E-state index is 12.1. The summed E-state index contributed by atoms with van der Waals surface area (Å²) >= 11 is 9.12. The Balaban J connectivity index is 2.27. The fraction of sp³-hybridized carbons (Fsp3) is 0.167. The fourth-order valence-corrected chi connectivity index (χ4v) is 1.97. The van der Waals surface area contributed by atoms with Gasteiger partial charge in [0.25, 0.3) is 5.91 Å². The predicted molar refractivity (Wildman–Crippen MR) is 78.2 cm³/mol. The third kappa shape index (κ3) is 3.43. The van der Waals surface area contributed by atoms with E-state index in [1.807, 2.05) is 0 Å². The Bertz CT molecular complexity index is 666. The number of aryl methyl sites for hydroxylation is 1. The van der Waals surface area contributed by atoms with Crippen molar-refractivity contribution >= 4 is 39.4 Å². The monoisotopic (exact) mass is 356 g/mol. The van der Waals surface area contributed by atoms with Gasteiger partial charge in [-0.15, -0.1) is 0 Å². The highest BCUT2D eigenvalue weighted by molar-refractivity contribution is 9.10. The lowest BCUT2D eigenvalue weighted by atomic mass is 10.3. The number of ether oxygens (including phenoxy) is 1. The van der Waals surface area contributed by atoms with E-state index in [1.165, 1.54) is 13.3 Å². The van der Waals surface area contributed by atoms with Crippen LogP contribution in [-0.4, -0.2) is 28.0 Å². The molecule has 2 aromatic rings. The summed E-state index contributed by atoms with van der Waals surface area (Å²) < 4.78 is 5.67. The first-order valence-corrected chi connectivity index (χ1v) is 6.69. The molecule has 20 heavy (non-hydrogen) atoms. The molecular formula is C12H10BrClN4O2. The van der Waals surface area contributed by atoms with Crippen LogP contribution in [0.1, 0.15) is 16.1 Å². The molecule has 0 saturated heterocycles. The van der Waals surface area contributed by atoms with Crippen LogP contribution in [0.2, 0.25) is 5.15 Å². The number of carbonyl (C=O) groups is 1. The highest BCUT2D eigenvalue weighted by atomic mass is 79.9. The van der Waals surface area contributed by atoms with E-state index in [0.29, 0.717) is 16.0 Å². The number of rotatable bonds is 3. The van der Waals surface area contributed by atoms with E-state index in [2.05, 4.69) is 36.2 Å². The number of methoxy groups -OCH3 is 1. The van der Waals surface area contributed by atoms with Crippen molar-refractivity contribution in [3.63, 3.8) is 0 Å². The smallest absolute Gasteiger partial charge is 0.261 e. The number of hydrogen-bond acceptors (Lipinski definition) is 5. The Morgan fingerprint density at radius 2 is 2.15 bits per heavy atom. The topological polar surface area (TPSA) is 77.0 Å². The molecule has 6 nitrogen and oxygen atoms in total. The standard InChI is InChI=1S/C12H10BrClN4O2/c1-6-3-9(20-2)17-12(16-6)18-11(19)8-4-7(13)5-15-10(8)14/h3-5H,1-2H3,(H,16,17,18,19). The van der Waals surface area contributed by atoms with E-state index in [1.54, 1.807) is 19.1 Å². The number of aromatic nitrogens is 3. The summed E-state index contributed by atoms with van der Waals surface area (Å²) in [5.41, 5.74) is 0.899. The van der Waals surface area contributed by atoms with Crippen LogP contribution >= 0.6 is 27.5 Å². The first-order chi connectivity index (χ1) is 9.49. The molecule has 1 N–H and O–H groups in total. The molecule has 0 aliphatic rings. The van der Waals surface area contributed by atoms with Crippen molar-refractivity contribution in [3.8, 4) is 5.88 Å². The normalized spacial score (nSPS) is 10.2. The van der Waals surface area contributed by atoms with Crippen molar-refractivity contribution in [3.05, 3.63) is 39.2 Å². The molecule has 2 aromatic heterocycles. The van der Waals surface area contributed by atoms with E-state index >= 15 is 0 Å². The SMILES string of the molecule is COc1cc(C)nc(NC(=O)c2cc(Br)cnc2Cl)n1. The molecule has 0 spiro atoms. The van der Waals surface area contributed by atoms with Crippen LogP contribution in [-0.2, 0) is 0 Å². The zero-order valence-electron chi connectivity index (χ0n) is 10.6. The van der Waals surface area contributed by atoms with Gasteiger partial charge in [0.05, 0.1) is 12.7 Å². The van der Waals surface area contributed by atoms with Gasteiger partial charge in [-0.3, -0.25) is 10.1 Å². The molecule has 1 amide bonds. The number of nitrogens with zero attached hydrogens (tertiary/aromatic N) is 3. The first-order valence-electron chi connectivity index (χ1n) is 5.51. The van der Waals surface area contributed by atoms with Crippen molar-refractivity contribution < 1.29 is 9.53 Å². The maximum Gasteiger partial charge on any atom is 0.261 e. The van der Waals surface area contributed by atoms with Gasteiger partial charge in [-0.25, -0.2) is 9.97 Å². The number of carbonyl (C=O) groups excluding carboxylic acids is 1. The number of nitrogens with one attached hydrogen (secondary N) is 1. The van der Waals surface area contributed by atoms with Crippen LogP contribution in [0.3, 0.4) is 0 Å². The summed E-state index contributed by atoms with van der Waals surface area (Å²) in [6.07, 6.45) is 1.51. The van der Waals surface area contributed by atoms with Crippen molar-refractivity contribution in [2.75, 3.05) is 12.4 Å². The second-order valence-electron chi connectivity index (χ2n) is 3.82. The van der Waals surface area contributed by atoms with E-state index in [0.717, 1.165) is 0 Å². The molecule has 0 radical (unpaired) electrons. The van der Waals surface area contributed by atoms with Crippen LogP contribution in [0.15, 0.2) is 22.8 Å². The maximum absolute atomic E-state index is 12.1. The summed E-state index contributed by atoms with van der Waals surface area (Å²) in [6, 6.07) is 3.22. The quantitative estimate of drug-likeness (QED) is 0.855. The summed E-state index contributed by atoms with van der Waals surface area (Å²) in [5, 5.41) is 2.66. The van der Waals surface area contributed by atoms with Gasteiger partial charge in [-0.2, -0.15) is 4.98 Å². The summed E-state index contributed by atoms with van der Waals surface area (Å²) in [5.74, 6) is 0.0607. The molecule has 0 bridgehead atoms. The summed E-state index contributed by atoms with van der Waals surface area (Å²) in [6.45, 7) is 1.77. The molecule has 0 aliphatic heterocycles. The lowest BCUT2D eigenvalue weighted by Crippen LogP contribution is -2.15. The number of hydrogen-bond donors (Lipinski definition) is 1. The van der Waals surface area contributed by atoms with Gasteiger partial charge < -0.3 is 4.74 Å². The Hall–Kier alpha value is -1.73. The van der Waals surface area contributed by atoms with Crippen LogP contribution in [0.5, 0.6) is 5.88 Å². The van der Waals surface area contributed by atoms with E-state index in [9.17, 15) is 4.79 Å². The van der Waals surface area contributed by atoms with E-state index < -0.39 is 5.91 Å². The second-order valence-corrected chi connectivity index (χ2v) is 5.10. The summed E-state index contributed by atoms with van der Waals surface area (Å²) in [7, 11) is 1.49. The molecule has 2 heterocycles. The van der Waals surface area contributed by atoms with Crippen LogP contribution in [0, 0.1) is 6.92 Å². The molecule has 0 fully saturated rings. The third-order valence-corrected chi connectivity index (χ3v) is 3.05. The van der Waals surface area contributed by atoms with Crippen molar-refractivity contribution in [2.24, 2.45) is 0 Å². The molecule has 0 atom stereocenters. The number of pyridine rings is 1. The Labute approximate surface area is 128 Å². The minimum Gasteiger partial charge on any atom is -0.481 e. The highest BCUT2D eigenvalue weighted by Crippen LogP contribution is 2.19. The molecule has 8 heteroatoms. The van der Waals surface area contributed by atoms with E-state index in [-0.39, 0.29) is 16.7 Å². The molecule has 2 rings (SSSR count). The third-order valence-electron chi connectivity index (χ3n) is 2.32. The van der Waals surface area contributed by atoms with Gasteiger partial charge in [-0.1, -0.05) is 11.6 Å². The minimum atomic E-state index is -0.448. The number of anilines is 1. The van der Waals surface area contributed by atoms with Gasteiger partial charge in [0.15, 0.2) is 0 Å². The predicted octanol–water partition coefficient (Wildman–Crippen LogP) is 2.86. The highest BCUT2D eigenvalue weighted by Gasteiger charge is 2.14. The molecular weight excluding hydrogens is 348 g/mol. The summed E-state index contributed by atoms with van der Waals surface area (Å²) in [4.78, 5) is 24.1. The van der Waals surface area contributed by atoms with Crippen molar-refractivity contribution in [2.45, 2.75) is 6.92 Å². The molecule has 104 valence electrons. The first kappa shape index (κ1) is 14.7. The van der Waals surface area contributed by atoms with Crippen molar-refractivity contribution in [1.82, 2.24) is 15.0 Å². The van der Waals surface area contributed by atoms with Gasteiger partial charge in [0.1, 0.15) is 5.15 Å². The zero-order valence-corrected chi connectivity index (χ0v) is 13.0. The van der Waals surface area contributed by atoms with Crippen LogP contribution in [0.25, 0.3) is 0 Å². The molecule has 0 saturated carbocycles. The zero-order chi connectivity index (χ0) is 14.7. The lowest BCUT2D eigenvalue weighted by molar-refractivity contribution is 0.102. The van der Waals surface area contributed by atoms with Gasteiger partial charge in [-0.05, 0) is 28.9 Å². The van der Waals surface area contributed by atoms with Crippen LogP contribution < -0.4 is 10.1 Å². The molecule has 0 aliphatic carbocycles. The fourth-order valence-electron chi connectivity index (χ4n) is 1.45.